The summed E-state index contributed by atoms with van der Waals surface area (Å²) in [6.45, 7) is 4.97. The number of hydrogen-bond acceptors (Lipinski definition) is 4. The van der Waals surface area contributed by atoms with Crippen LogP contribution in [0.2, 0.25) is 0 Å². The molecule has 24 heavy (non-hydrogen) atoms. The molecule has 1 heterocycles. The van der Waals surface area contributed by atoms with E-state index in [9.17, 15) is 4.79 Å². The van der Waals surface area contributed by atoms with E-state index in [1.165, 1.54) is 30.2 Å². The summed E-state index contributed by atoms with van der Waals surface area (Å²) in [5.41, 5.74) is 1.21. The van der Waals surface area contributed by atoms with Gasteiger partial charge in [0.2, 0.25) is 5.91 Å². The standard InChI is InChI=1S/C18H24N4OS/c1-3-22-16(11-14-7-5-4-6-8-14)20-21-18(22)24-12-17(23)19-13(2)15-9-10-15/h4-8,13,15H,3,9-12H2,1-2H3,(H,19,23). The summed E-state index contributed by atoms with van der Waals surface area (Å²) in [4.78, 5) is 12.1. The zero-order valence-electron chi connectivity index (χ0n) is 14.2. The van der Waals surface area contributed by atoms with Crippen LogP contribution in [0.4, 0.5) is 0 Å². The molecule has 1 atom stereocenters. The van der Waals surface area contributed by atoms with Crippen molar-refractivity contribution in [3.05, 3.63) is 41.7 Å². The average Bonchev–Trinajstić information content (AvgIpc) is 3.37. The van der Waals surface area contributed by atoms with Gasteiger partial charge in [-0.05, 0) is 38.2 Å². The van der Waals surface area contributed by atoms with Crippen LogP contribution < -0.4 is 5.32 Å². The average molecular weight is 344 g/mol. The summed E-state index contributed by atoms with van der Waals surface area (Å²) < 4.78 is 2.09. The van der Waals surface area contributed by atoms with E-state index in [4.69, 9.17) is 0 Å². The highest BCUT2D eigenvalue weighted by Gasteiger charge is 2.28. The highest BCUT2D eigenvalue weighted by molar-refractivity contribution is 7.99. The summed E-state index contributed by atoms with van der Waals surface area (Å²) in [7, 11) is 0. The van der Waals surface area contributed by atoms with E-state index in [1.54, 1.807) is 0 Å². The Morgan fingerprint density at radius 3 is 2.75 bits per heavy atom. The van der Waals surface area contributed by atoms with Crippen molar-refractivity contribution in [1.29, 1.82) is 0 Å². The Bertz CT molecular complexity index is 682. The van der Waals surface area contributed by atoms with Gasteiger partial charge in [-0.25, -0.2) is 0 Å². The number of rotatable bonds is 8. The van der Waals surface area contributed by atoms with Gasteiger partial charge in [-0.3, -0.25) is 4.79 Å². The van der Waals surface area contributed by atoms with Crippen molar-refractivity contribution in [2.45, 2.75) is 50.9 Å². The van der Waals surface area contributed by atoms with Gasteiger partial charge in [-0.1, -0.05) is 42.1 Å². The minimum atomic E-state index is 0.0784. The molecule has 1 aliphatic carbocycles. The molecule has 1 unspecified atom stereocenters. The Balaban J connectivity index is 1.58. The molecule has 0 radical (unpaired) electrons. The first-order valence-electron chi connectivity index (χ1n) is 8.55. The summed E-state index contributed by atoms with van der Waals surface area (Å²) in [6, 6.07) is 10.5. The van der Waals surface area contributed by atoms with Gasteiger partial charge in [0.25, 0.3) is 0 Å². The molecule has 1 aromatic carbocycles. The third-order valence-corrected chi connectivity index (χ3v) is 5.33. The fourth-order valence-electron chi connectivity index (χ4n) is 2.79. The molecule has 1 aliphatic rings. The lowest BCUT2D eigenvalue weighted by Gasteiger charge is -2.12. The summed E-state index contributed by atoms with van der Waals surface area (Å²) >= 11 is 1.46. The lowest BCUT2D eigenvalue weighted by Crippen LogP contribution is -2.35. The number of hydrogen-bond donors (Lipinski definition) is 1. The minimum absolute atomic E-state index is 0.0784. The zero-order chi connectivity index (χ0) is 16.9. The predicted octanol–water partition coefficient (Wildman–Crippen LogP) is 2.90. The Hall–Kier alpha value is -1.82. The Morgan fingerprint density at radius 1 is 1.33 bits per heavy atom. The molecule has 1 aromatic heterocycles. The summed E-state index contributed by atoms with van der Waals surface area (Å²) in [5.74, 6) is 2.09. The highest BCUT2D eigenvalue weighted by atomic mass is 32.2. The molecule has 1 N–H and O–H groups in total. The predicted molar refractivity (Wildman–Crippen MR) is 96.0 cm³/mol. The highest BCUT2D eigenvalue weighted by Crippen LogP contribution is 2.32. The van der Waals surface area contributed by atoms with Crippen molar-refractivity contribution in [2.75, 3.05) is 5.75 Å². The molecule has 0 aliphatic heterocycles. The van der Waals surface area contributed by atoms with Crippen molar-refractivity contribution in [2.24, 2.45) is 5.92 Å². The fraction of sp³-hybridized carbons (Fsp3) is 0.500. The van der Waals surface area contributed by atoms with Gasteiger partial charge < -0.3 is 9.88 Å². The molecular formula is C18H24N4OS. The maximum Gasteiger partial charge on any atom is 0.230 e. The van der Waals surface area contributed by atoms with Crippen molar-refractivity contribution < 1.29 is 4.79 Å². The SMILES string of the molecule is CCn1c(Cc2ccccc2)nnc1SCC(=O)NC(C)C1CC1. The monoisotopic (exact) mass is 344 g/mol. The third kappa shape index (κ3) is 4.38. The zero-order valence-corrected chi connectivity index (χ0v) is 15.1. The van der Waals surface area contributed by atoms with Gasteiger partial charge in [0.05, 0.1) is 5.75 Å². The number of thioether (sulfide) groups is 1. The molecule has 0 saturated heterocycles. The Kier molecular flexibility index (Phi) is 5.56. The van der Waals surface area contributed by atoms with E-state index in [0.717, 1.165) is 23.9 Å². The van der Waals surface area contributed by atoms with Gasteiger partial charge in [0.1, 0.15) is 5.82 Å². The topological polar surface area (TPSA) is 59.8 Å². The van der Waals surface area contributed by atoms with Gasteiger partial charge in [-0.15, -0.1) is 10.2 Å². The largest absolute Gasteiger partial charge is 0.353 e. The van der Waals surface area contributed by atoms with Crippen LogP contribution in [0.3, 0.4) is 0 Å². The van der Waals surface area contributed by atoms with Crippen LogP contribution in [-0.2, 0) is 17.8 Å². The smallest absolute Gasteiger partial charge is 0.230 e. The quantitative estimate of drug-likeness (QED) is 0.748. The molecule has 0 bridgehead atoms. The van der Waals surface area contributed by atoms with Crippen molar-refractivity contribution >= 4 is 17.7 Å². The lowest BCUT2D eigenvalue weighted by molar-refractivity contribution is -0.119. The number of nitrogens with one attached hydrogen (secondary N) is 1. The molecule has 5 nitrogen and oxygen atoms in total. The maximum absolute atomic E-state index is 12.1. The van der Waals surface area contributed by atoms with E-state index in [2.05, 4.69) is 46.1 Å². The second-order valence-corrected chi connectivity index (χ2v) is 7.23. The van der Waals surface area contributed by atoms with Crippen LogP contribution in [-0.4, -0.2) is 32.5 Å². The van der Waals surface area contributed by atoms with E-state index in [0.29, 0.717) is 11.7 Å². The van der Waals surface area contributed by atoms with E-state index < -0.39 is 0 Å². The molecule has 1 fully saturated rings. The van der Waals surface area contributed by atoms with E-state index in [-0.39, 0.29) is 11.9 Å². The van der Waals surface area contributed by atoms with Gasteiger partial charge >= 0.3 is 0 Å². The van der Waals surface area contributed by atoms with Crippen LogP contribution >= 0.6 is 11.8 Å². The second kappa shape index (κ2) is 7.83. The molecule has 128 valence electrons. The van der Waals surface area contributed by atoms with Crippen LogP contribution in [0.15, 0.2) is 35.5 Å². The number of aromatic nitrogens is 3. The molecule has 1 saturated carbocycles. The first-order valence-corrected chi connectivity index (χ1v) is 9.54. The van der Waals surface area contributed by atoms with Crippen LogP contribution in [0.5, 0.6) is 0 Å². The molecule has 0 spiro atoms. The molecular weight excluding hydrogens is 320 g/mol. The van der Waals surface area contributed by atoms with Gasteiger partial charge in [0.15, 0.2) is 5.16 Å². The third-order valence-electron chi connectivity index (χ3n) is 4.36. The first kappa shape index (κ1) is 17.0. The van der Waals surface area contributed by atoms with Crippen molar-refractivity contribution in [1.82, 2.24) is 20.1 Å². The van der Waals surface area contributed by atoms with Crippen LogP contribution in [0.1, 0.15) is 38.1 Å². The maximum atomic E-state index is 12.1. The first-order chi connectivity index (χ1) is 11.7. The lowest BCUT2D eigenvalue weighted by atomic mass is 10.1. The molecule has 2 aromatic rings. The van der Waals surface area contributed by atoms with Gasteiger partial charge in [0, 0.05) is 19.0 Å². The molecule has 3 rings (SSSR count). The number of nitrogens with zero attached hydrogens (tertiary/aromatic N) is 3. The second-order valence-electron chi connectivity index (χ2n) is 6.29. The van der Waals surface area contributed by atoms with E-state index >= 15 is 0 Å². The Morgan fingerprint density at radius 2 is 2.08 bits per heavy atom. The number of benzene rings is 1. The van der Waals surface area contributed by atoms with Crippen LogP contribution in [0, 0.1) is 5.92 Å². The summed E-state index contributed by atoms with van der Waals surface area (Å²) in [6.07, 6.45) is 3.23. The molecule has 6 heteroatoms. The van der Waals surface area contributed by atoms with E-state index in [1.807, 2.05) is 18.2 Å². The molecule has 1 amide bonds. The van der Waals surface area contributed by atoms with Crippen LogP contribution in [0.25, 0.3) is 0 Å². The fourth-order valence-corrected chi connectivity index (χ4v) is 3.62. The van der Waals surface area contributed by atoms with Crippen molar-refractivity contribution in [3.63, 3.8) is 0 Å². The van der Waals surface area contributed by atoms with Gasteiger partial charge in [-0.2, -0.15) is 0 Å². The number of amides is 1. The number of carbonyl (C=O) groups excluding carboxylic acids is 1. The van der Waals surface area contributed by atoms with Crippen molar-refractivity contribution in [3.8, 4) is 0 Å². The Labute approximate surface area is 147 Å². The summed E-state index contributed by atoms with van der Waals surface area (Å²) in [5, 5.41) is 12.5. The normalized spacial score (nSPS) is 15.2. The number of carbonyl (C=O) groups is 1. The minimum Gasteiger partial charge on any atom is -0.353 e.